The van der Waals surface area contributed by atoms with Gasteiger partial charge >= 0.3 is 0 Å². The minimum atomic E-state index is 0.167. The average Bonchev–Trinajstić information content (AvgIpc) is 2.82. The van der Waals surface area contributed by atoms with Crippen molar-refractivity contribution in [1.29, 1.82) is 5.41 Å². The summed E-state index contributed by atoms with van der Waals surface area (Å²) in [5.74, 6) is 1.03. The second-order valence-electron chi connectivity index (χ2n) is 5.42. The molecule has 0 aliphatic heterocycles. The summed E-state index contributed by atoms with van der Waals surface area (Å²) in [6, 6.07) is 7.96. The van der Waals surface area contributed by atoms with E-state index in [9.17, 15) is 0 Å². The summed E-state index contributed by atoms with van der Waals surface area (Å²) in [4.78, 5) is 2.36. The Hall–Kier alpha value is -1.35. The fraction of sp³-hybridized carbons (Fsp3) is 0.533. The number of nitrogens with one attached hydrogen (secondary N) is 1. The van der Waals surface area contributed by atoms with Gasteiger partial charge in [-0.1, -0.05) is 37.1 Å². The molecule has 1 aromatic rings. The van der Waals surface area contributed by atoms with Crippen LogP contribution in [-0.4, -0.2) is 24.3 Å². The molecule has 0 saturated heterocycles. The third-order valence-corrected chi connectivity index (χ3v) is 3.79. The molecule has 0 radical (unpaired) electrons. The molecule has 0 spiro atoms. The van der Waals surface area contributed by atoms with Crippen molar-refractivity contribution in [3.63, 3.8) is 0 Å². The lowest BCUT2D eigenvalue weighted by molar-refractivity contribution is 0.271. The summed E-state index contributed by atoms with van der Waals surface area (Å²) in [5.41, 5.74) is 7.65. The molecule has 3 nitrogen and oxygen atoms in total. The number of hydrogen-bond donors (Lipinski definition) is 2. The number of hydrogen-bond acceptors (Lipinski definition) is 2. The Morgan fingerprint density at radius 2 is 2.00 bits per heavy atom. The molecular weight excluding hydrogens is 222 g/mol. The van der Waals surface area contributed by atoms with Crippen molar-refractivity contribution in [2.24, 2.45) is 11.7 Å². The molecule has 1 fully saturated rings. The largest absolute Gasteiger partial charge is 0.384 e. The summed E-state index contributed by atoms with van der Waals surface area (Å²) >= 11 is 0. The van der Waals surface area contributed by atoms with Crippen LogP contribution in [0, 0.1) is 11.3 Å². The summed E-state index contributed by atoms with van der Waals surface area (Å²) in [7, 11) is 2.16. The van der Waals surface area contributed by atoms with Crippen LogP contribution in [0.15, 0.2) is 24.3 Å². The standard InChI is InChI=1S/C15H23N3/c1-18(10-12-6-2-3-7-12)11-13-8-4-5-9-14(13)15(16)17/h4-5,8-9,12H,2-3,6-7,10-11H2,1H3,(H3,16,17). The Morgan fingerprint density at radius 3 is 2.67 bits per heavy atom. The molecule has 18 heavy (non-hydrogen) atoms. The van der Waals surface area contributed by atoms with Crippen LogP contribution in [0.4, 0.5) is 0 Å². The number of nitrogen functional groups attached to an aromatic ring is 1. The summed E-state index contributed by atoms with van der Waals surface area (Å²) in [6.45, 7) is 2.04. The van der Waals surface area contributed by atoms with Crippen molar-refractivity contribution in [2.45, 2.75) is 32.2 Å². The van der Waals surface area contributed by atoms with Gasteiger partial charge in [0, 0.05) is 18.7 Å². The third kappa shape index (κ3) is 3.33. The second kappa shape index (κ2) is 6.01. The van der Waals surface area contributed by atoms with Crippen LogP contribution in [0.1, 0.15) is 36.8 Å². The average molecular weight is 245 g/mol. The molecule has 0 atom stereocenters. The highest BCUT2D eigenvalue weighted by atomic mass is 15.1. The van der Waals surface area contributed by atoms with E-state index in [2.05, 4.69) is 18.0 Å². The predicted molar refractivity (Wildman–Crippen MR) is 75.8 cm³/mol. The number of nitrogens with two attached hydrogens (primary N) is 1. The maximum Gasteiger partial charge on any atom is 0.123 e. The molecule has 1 aromatic carbocycles. The fourth-order valence-electron chi connectivity index (χ4n) is 2.91. The van der Waals surface area contributed by atoms with Crippen LogP contribution in [0.3, 0.4) is 0 Å². The predicted octanol–water partition coefficient (Wildman–Crippen LogP) is 2.59. The first-order chi connectivity index (χ1) is 8.66. The van der Waals surface area contributed by atoms with Crippen LogP contribution < -0.4 is 5.73 Å². The zero-order chi connectivity index (χ0) is 13.0. The molecule has 0 aromatic heterocycles. The van der Waals surface area contributed by atoms with Crippen molar-refractivity contribution >= 4 is 5.84 Å². The Morgan fingerprint density at radius 1 is 1.33 bits per heavy atom. The molecule has 1 aliphatic rings. The lowest BCUT2D eigenvalue weighted by Gasteiger charge is -2.22. The molecule has 1 aliphatic carbocycles. The van der Waals surface area contributed by atoms with E-state index in [0.29, 0.717) is 0 Å². The Kier molecular flexibility index (Phi) is 4.37. The van der Waals surface area contributed by atoms with Gasteiger partial charge in [0.05, 0.1) is 0 Å². The van der Waals surface area contributed by atoms with E-state index in [4.69, 9.17) is 11.1 Å². The second-order valence-corrected chi connectivity index (χ2v) is 5.42. The topological polar surface area (TPSA) is 53.1 Å². The van der Waals surface area contributed by atoms with E-state index < -0.39 is 0 Å². The van der Waals surface area contributed by atoms with Gasteiger partial charge in [-0.05, 0) is 31.4 Å². The molecule has 2 rings (SSSR count). The molecule has 0 unspecified atom stereocenters. The molecule has 0 heterocycles. The van der Waals surface area contributed by atoms with Gasteiger partial charge in [-0.3, -0.25) is 5.41 Å². The maximum atomic E-state index is 7.60. The van der Waals surface area contributed by atoms with Gasteiger partial charge in [-0.2, -0.15) is 0 Å². The highest BCUT2D eigenvalue weighted by Gasteiger charge is 2.17. The smallest absolute Gasteiger partial charge is 0.123 e. The molecule has 0 amide bonds. The van der Waals surface area contributed by atoms with Gasteiger partial charge < -0.3 is 10.6 Å². The Bertz CT molecular complexity index is 408. The third-order valence-electron chi connectivity index (χ3n) is 3.79. The monoisotopic (exact) mass is 245 g/mol. The van der Waals surface area contributed by atoms with E-state index in [0.717, 1.165) is 30.1 Å². The van der Waals surface area contributed by atoms with Crippen LogP contribution in [-0.2, 0) is 6.54 Å². The van der Waals surface area contributed by atoms with Gasteiger partial charge in [-0.25, -0.2) is 0 Å². The lowest BCUT2D eigenvalue weighted by atomic mass is 10.0. The minimum Gasteiger partial charge on any atom is -0.384 e. The highest BCUT2D eigenvalue weighted by Crippen LogP contribution is 2.25. The van der Waals surface area contributed by atoms with Crippen LogP contribution in [0.25, 0.3) is 0 Å². The Balaban J connectivity index is 1.97. The van der Waals surface area contributed by atoms with Crippen LogP contribution >= 0.6 is 0 Å². The van der Waals surface area contributed by atoms with Crippen molar-refractivity contribution in [2.75, 3.05) is 13.6 Å². The summed E-state index contributed by atoms with van der Waals surface area (Å²) in [5, 5.41) is 7.60. The van der Waals surface area contributed by atoms with E-state index in [1.54, 1.807) is 0 Å². The molecule has 0 bridgehead atoms. The molecule has 1 saturated carbocycles. The van der Waals surface area contributed by atoms with Crippen molar-refractivity contribution in [1.82, 2.24) is 4.90 Å². The maximum absolute atomic E-state index is 7.60. The van der Waals surface area contributed by atoms with Gasteiger partial charge in [-0.15, -0.1) is 0 Å². The molecule has 3 heteroatoms. The van der Waals surface area contributed by atoms with E-state index in [1.165, 1.54) is 25.7 Å². The van der Waals surface area contributed by atoms with Gasteiger partial charge in [0.2, 0.25) is 0 Å². The summed E-state index contributed by atoms with van der Waals surface area (Å²) < 4.78 is 0. The molecule has 3 N–H and O–H groups in total. The zero-order valence-electron chi connectivity index (χ0n) is 11.2. The number of benzene rings is 1. The van der Waals surface area contributed by atoms with Gasteiger partial charge in [0.15, 0.2) is 0 Å². The van der Waals surface area contributed by atoms with E-state index >= 15 is 0 Å². The molecular formula is C15H23N3. The van der Waals surface area contributed by atoms with E-state index in [1.807, 2.05) is 18.2 Å². The van der Waals surface area contributed by atoms with Crippen LogP contribution in [0.5, 0.6) is 0 Å². The van der Waals surface area contributed by atoms with Gasteiger partial charge in [0.1, 0.15) is 5.84 Å². The molecule has 98 valence electrons. The zero-order valence-corrected chi connectivity index (χ0v) is 11.2. The minimum absolute atomic E-state index is 0.167. The lowest BCUT2D eigenvalue weighted by Crippen LogP contribution is -2.25. The quantitative estimate of drug-likeness (QED) is 0.619. The summed E-state index contributed by atoms with van der Waals surface area (Å²) in [6.07, 6.45) is 5.53. The number of amidine groups is 1. The first-order valence-electron chi connectivity index (χ1n) is 6.77. The van der Waals surface area contributed by atoms with Crippen molar-refractivity contribution < 1.29 is 0 Å². The number of nitrogens with zero attached hydrogens (tertiary/aromatic N) is 1. The number of rotatable bonds is 5. The first-order valence-corrected chi connectivity index (χ1v) is 6.77. The first kappa shape index (κ1) is 13.1. The normalized spacial score (nSPS) is 16.3. The Labute approximate surface area is 109 Å². The van der Waals surface area contributed by atoms with Gasteiger partial charge in [0.25, 0.3) is 0 Å². The van der Waals surface area contributed by atoms with Crippen molar-refractivity contribution in [3.05, 3.63) is 35.4 Å². The van der Waals surface area contributed by atoms with Crippen LogP contribution in [0.2, 0.25) is 0 Å². The fourth-order valence-corrected chi connectivity index (χ4v) is 2.91. The SMILES string of the molecule is CN(Cc1ccccc1C(=N)N)CC1CCCC1. The van der Waals surface area contributed by atoms with E-state index in [-0.39, 0.29) is 5.84 Å². The highest BCUT2D eigenvalue weighted by molar-refractivity contribution is 5.96. The van der Waals surface area contributed by atoms with Crippen molar-refractivity contribution in [3.8, 4) is 0 Å².